The van der Waals surface area contributed by atoms with Crippen LogP contribution in [-0.4, -0.2) is 101 Å². The highest BCUT2D eigenvalue weighted by atomic mass is 28.2. The van der Waals surface area contributed by atoms with Crippen LogP contribution < -0.4 is 0 Å². The molecule has 1 aliphatic heterocycles. The van der Waals surface area contributed by atoms with Crippen LogP contribution in [0.3, 0.4) is 0 Å². The van der Waals surface area contributed by atoms with Crippen molar-refractivity contribution in [2.45, 2.75) is 77.3 Å². The highest BCUT2D eigenvalue weighted by Gasteiger charge is 2.19. The second-order valence-corrected chi connectivity index (χ2v) is 11.7. The number of nitrogens with zero attached hydrogens (tertiary/aromatic N) is 2. The fourth-order valence-electron chi connectivity index (χ4n) is 3.89. The van der Waals surface area contributed by atoms with Crippen LogP contribution >= 0.6 is 0 Å². The first-order valence-corrected chi connectivity index (χ1v) is 16.1. The minimum absolute atomic E-state index is 0.0554. The molecule has 0 N–H and O–H groups in total. The van der Waals surface area contributed by atoms with E-state index in [0.717, 1.165) is 38.5 Å². The van der Waals surface area contributed by atoms with Crippen LogP contribution in [0.1, 0.15) is 40.5 Å². The van der Waals surface area contributed by atoms with Crippen molar-refractivity contribution in [2.24, 2.45) is 0 Å². The topological polar surface area (TPSA) is 43.4 Å². The van der Waals surface area contributed by atoms with E-state index in [1.807, 2.05) is 27.7 Å². The molecule has 0 atom stereocenters. The van der Waals surface area contributed by atoms with E-state index >= 15 is 0 Å². The van der Waals surface area contributed by atoms with Crippen LogP contribution in [0.5, 0.6) is 0 Å². The maximum absolute atomic E-state index is 5.65. The Labute approximate surface area is 184 Å². The molecule has 0 amide bonds. The van der Waals surface area contributed by atoms with Gasteiger partial charge < -0.3 is 18.9 Å². The standard InChI is InChI=1S/C21H48N2O4Si2/c1-5-24-20(25-6-2)17-28-15-9-11-22-13-14-23(19-22)12-10-16-29-18-21(26-7-3)27-8-4/h20-21H,5-19,28-29H2,1-4H3. The van der Waals surface area contributed by atoms with Crippen LogP contribution in [-0.2, 0) is 18.9 Å². The third-order valence-corrected chi connectivity index (χ3v) is 9.13. The molecule has 0 aliphatic carbocycles. The molecule has 6 nitrogen and oxygen atoms in total. The summed E-state index contributed by atoms with van der Waals surface area (Å²) >= 11 is 0. The van der Waals surface area contributed by atoms with E-state index in [1.54, 1.807) is 0 Å². The molecule has 0 unspecified atom stereocenters. The molecule has 0 radical (unpaired) electrons. The Morgan fingerprint density at radius 3 is 1.38 bits per heavy atom. The van der Waals surface area contributed by atoms with Crippen LogP contribution in [0.4, 0.5) is 0 Å². The van der Waals surface area contributed by atoms with E-state index in [2.05, 4.69) is 9.80 Å². The Balaban J connectivity index is 2.00. The monoisotopic (exact) mass is 448 g/mol. The Hall–Kier alpha value is 0.194. The SMILES string of the molecule is CCOC(C[SiH2]CCCN1CCN(CCC[SiH2]CC(OCC)OCC)C1)OCC. The number of hydrogen-bond donors (Lipinski definition) is 0. The van der Waals surface area contributed by atoms with Crippen LogP contribution in [0.25, 0.3) is 0 Å². The van der Waals surface area contributed by atoms with Crippen molar-refractivity contribution < 1.29 is 18.9 Å². The first-order valence-electron chi connectivity index (χ1n) is 12.1. The summed E-state index contributed by atoms with van der Waals surface area (Å²) in [6.07, 6.45) is 2.79. The summed E-state index contributed by atoms with van der Waals surface area (Å²) in [5.74, 6) is 0. The number of ether oxygens (including phenoxy) is 4. The Morgan fingerprint density at radius 1 is 0.655 bits per heavy atom. The summed E-state index contributed by atoms with van der Waals surface area (Å²) in [6, 6.07) is 5.12. The van der Waals surface area contributed by atoms with Crippen molar-refractivity contribution in [1.29, 1.82) is 0 Å². The quantitative estimate of drug-likeness (QED) is 0.162. The fourth-order valence-corrected chi connectivity index (χ4v) is 6.96. The van der Waals surface area contributed by atoms with Crippen LogP contribution in [0.15, 0.2) is 0 Å². The van der Waals surface area contributed by atoms with Gasteiger partial charge in [-0.2, -0.15) is 0 Å². The zero-order chi connectivity index (χ0) is 21.2. The molecule has 0 aromatic carbocycles. The molecule has 29 heavy (non-hydrogen) atoms. The lowest BCUT2D eigenvalue weighted by atomic mass is 10.4. The number of hydrogen-bond acceptors (Lipinski definition) is 6. The minimum Gasteiger partial charge on any atom is -0.353 e. The predicted octanol–water partition coefficient (Wildman–Crippen LogP) is 2.15. The molecule has 0 saturated carbocycles. The molecule has 1 aliphatic rings. The summed E-state index contributed by atoms with van der Waals surface area (Å²) < 4.78 is 22.6. The lowest BCUT2D eigenvalue weighted by molar-refractivity contribution is -0.123. The van der Waals surface area contributed by atoms with Gasteiger partial charge in [-0.05, 0) is 65.7 Å². The van der Waals surface area contributed by atoms with Gasteiger partial charge in [-0.1, -0.05) is 12.1 Å². The van der Waals surface area contributed by atoms with Gasteiger partial charge >= 0.3 is 0 Å². The van der Waals surface area contributed by atoms with Crippen molar-refractivity contribution in [1.82, 2.24) is 9.80 Å². The molecule has 0 aromatic heterocycles. The first-order chi connectivity index (χ1) is 14.2. The summed E-state index contributed by atoms with van der Waals surface area (Å²) in [5.41, 5.74) is 0. The van der Waals surface area contributed by atoms with E-state index < -0.39 is 0 Å². The second-order valence-electron chi connectivity index (χ2n) is 7.76. The van der Waals surface area contributed by atoms with Crippen LogP contribution in [0.2, 0.25) is 24.2 Å². The Kier molecular flexibility index (Phi) is 17.8. The molecule has 0 spiro atoms. The van der Waals surface area contributed by atoms with Crippen LogP contribution in [0, 0.1) is 0 Å². The van der Waals surface area contributed by atoms with Gasteiger partial charge in [0.15, 0.2) is 12.6 Å². The van der Waals surface area contributed by atoms with Crippen molar-refractivity contribution in [3.8, 4) is 0 Å². The lowest BCUT2D eigenvalue weighted by Crippen LogP contribution is -2.27. The summed E-state index contributed by atoms with van der Waals surface area (Å²) in [6.45, 7) is 17.4. The highest BCUT2D eigenvalue weighted by molar-refractivity contribution is 6.35. The average Bonchev–Trinajstić information content (AvgIpc) is 3.15. The summed E-state index contributed by atoms with van der Waals surface area (Å²) in [7, 11) is -0.136. The normalized spacial score (nSPS) is 16.8. The maximum atomic E-state index is 5.65. The Morgan fingerprint density at radius 2 is 1.03 bits per heavy atom. The van der Waals surface area contributed by atoms with Crippen molar-refractivity contribution in [3.63, 3.8) is 0 Å². The van der Waals surface area contributed by atoms with E-state index in [0.29, 0.717) is 0 Å². The molecule has 8 heteroatoms. The Bertz CT molecular complexity index is 326. The van der Waals surface area contributed by atoms with Gasteiger partial charge in [0.1, 0.15) is 0 Å². The zero-order valence-electron chi connectivity index (χ0n) is 19.7. The van der Waals surface area contributed by atoms with E-state index in [1.165, 1.54) is 57.8 Å². The molecule has 1 heterocycles. The third-order valence-electron chi connectivity index (χ3n) is 5.37. The van der Waals surface area contributed by atoms with E-state index in [4.69, 9.17) is 18.9 Å². The van der Waals surface area contributed by atoms with Gasteiger partial charge in [0, 0.05) is 58.6 Å². The van der Waals surface area contributed by atoms with Crippen molar-refractivity contribution >= 4 is 19.0 Å². The fraction of sp³-hybridized carbons (Fsp3) is 1.00. The smallest absolute Gasteiger partial charge is 0.154 e. The first kappa shape index (κ1) is 27.2. The predicted molar refractivity (Wildman–Crippen MR) is 128 cm³/mol. The largest absolute Gasteiger partial charge is 0.353 e. The van der Waals surface area contributed by atoms with Crippen molar-refractivity contribution in [2.75, 3.05) is 59.3 Å². The molecule has 1 rings (SSSR count). The van der Waals surface area contributed by atoms with Gasteiger partial charge in [-0.3, -0.25) is 9.80 Å². The third kappa shape index (κ3) is 14.0. The average molecular weight is 449 g/mol. The molecular formula is C21H48N2O4Si2. The van der Waals surface area contributed by atoms with E-state index in [9.17, 15) is 0 Å². The molecule has 0 aromatic rings. The molecule has 1 saturated heterocycles. The maximum Gasteiger partial charge on any atom is 0.154 e. The van der Waals surface area contributed by atoms with Gasteiger partial charge in [-0.25, -0.2) is 0 Å². The molecule has 174 valence electrons. The summed E-state index contributed by atoms with van der Waals surface area (Å²) in [5, 5.41) is 0. The highest BCUT2D eigenvalue weighted by Crippen LogP contribution is 2.10. The zero-order valence-corrected chi connectivity index (χ0v) is 22.5. The van der Waals surface area contributed by atoms with Crippen molar-refractivity contribution in [3.05, 3.63) is 0 Å². The van der Waals surface area contributed by atoms with Gasteiger partial charge in [0.05, 0.1) is 6.67 Å². The molecule has 1 fully saturated rings. The minimum atomic E-state index is -0.0680. The van der Waals surface area contributed by atoms with Gasteiger partial charge in [0.25, 0.3) is 0 Å². The number of rotatable bonds is 20. The van der Waals surface area contributed by atoms with E-state index in [-0.39, 0.29) is 31.6 Å². The summed E-state index contributed by atoms with van der Waals surface area (Å²) in [4.78, 5) is 5.27. The van der Waals surface area contributed by atoms with Gasteiger partial charge in [0.2, 0.25) is 0 Å². The second kappa shape index (κ2) is 18.9. The van der Waals surface area contributed by atoms with Gasteiger partial charge in [-0.15, -0.1) is 0 Å². The molecular weight excluding hydrogens is 400 g/mol. The lowest BCUT2D eigenvalue weighted by Gasteiger charge is -2.19. The molecule has 0 bridgehead atoms.